The molecule has 0 spiro atoms. The largest absolute Gasteiger partial charge is 0.504 e. The van der Waals surface area contributed by atoms with Crippen molar-refractivity contribution in [2.24, 2.45) is 5.92 Å². The van der Waals surface area contributed by atoms with Gasteiger partial charge in [-0.3, -0.25) is 4.90 Å². The summed E-state index contributed by atoms with van der Waals surface area (Å²) < 4.78 is 11.1. The van der Waals surface area contributed by atoms with Crippen LogP contribution >= 0.6 is 0 Å². The van der Waals surface area contributed by atoms with E-state index in [0.29, 0.717) is 11.8 Å². The maximum Gasteiger partial charge on any atom is 0.162 e. The molecule has 2 aliphatic carbocycles. The molecule has 0 unspecified atom stereocenters. The Kier molecular flexibility index (Phi) is 3.43. The summed E-state index contributed by atoms with van der Waals surface area (Å²) in [5.74, 6) is 2.08. The summed E-state index contributed by atoms with van der Waals surface area (Å²) >= 11 is 0. The number of hydrogen-bond donors (Lipinski definition) is 1. The summed E-state index contributed by atoms with van der Waals surface area (Å²) in [4.78, 5) is 2.44. The molecule has 0 amide bonds. The second kappa shape index (κ2) is 5.28. The van der Waals surface area contributed by atoms with Gasteiger partial charge in [-0.2, -0.15) is 0 Å². The molecule has 3 atom stereocenters. The van der Waals surface area contributed by atoms with Gasteiger partial charge in [-0.25, -0.2) is 0 Å². The number of likely N-dealkylation sites (N-methyl/N-ethyl adjacent to an activating group) is 1. The number of hydrogen-bond acceptors (Lipinski definition) is 4. The van der Waals surface area contributed by atoms with Crippen LogP contribution in [0.25, 0.3) is 0 Å². The minimum atomic E-state index is -0.277. The predicted octanol–water partition coefficient (Wildman–Crippen LogP) is 3.01. The Balaban J connectivity index is 2.01. The van der Waals surface area contributed by atoms with Crippen molar-refractivity contribution in [3.05, 3.63) is 46.7 Å². The molecule has 1 saturated heterocycles. The SMILES string of the molecule is COC1=C[C@]23CCN(C)[C@@H](Cc4ccc(OC)c(O)c42)C3=C[C@@H]1C. The van der Waals surface area contributed by atoms with Crippen molar-refractivity contribution in [3.8, 4) is 11.5 Å². The van der Waals surface area contributed by atoms with Crippen molar-refractivity contribution in [2.45, 2.75) is 31.2 Å². The average Bonchev–Trinajstić information content (AvgIpc) is 2.58. The van der Waals surface area contributed by atoms with Gasteiger partial charge in [-0.15, -0.1) is 0 Å². The Morgan fingerprint density at radius 2 is 2.04 bits per heavy atom. The monoisotopic (exact) mass is 327 g/mol. The van der Waals surface area contributed by atoms with Crippen LogP contribution in [0.4, 0.5) is 0 Å². The number of benzene rings is 1. The molecule has 1 heterocycles. The highest BCUT2D eigenvalue weighted by molar-refractivity contribution is 5.64. The highest BCUT2D eigenvalue weighted by Crippen LogP contribution is 2.56. The number of rotatable bonds is 2. The number of phenols is 1. The molecule has 128 valence electrons. The van der Waals surface area contributed by atoms with Crippen LogP contribution in [0.5, 0.6) is 11.5 Å². The second-order valence-electron chi connectivity index (χ2n) is 7.23. The summed E-state index contributed by atoms with van der Waals surface area (Å²) in [6.07, 6.45) is 6.48. The van der Waals surface area contributed by atoms with Crippen molar-refractivity contribution >= 4 is 0 Å². The van der Waals surface area contributed by atoms with Crippen LogP contribution in [-0.2, 0) is 16.6 Å². The lowest BCUT2D eigenvalue weighted by molar-refractivity contribution is 0.171. The van der Waals surface area contributed by atoms with E-state index >= 15 is 0 Å². The van der Waals surface area contributed by atoms with Gasteiger partial charge in [-0.1, -0.05) is 19.1 Å². The van der Waals surface area contributed by atoms with Gasteiger partial charge in [0.2, 0.25) is 0 Å². The molecular weight excluding hydrogens is 302 g/mol. The van der Waals surface area contributed by atoms with Crippen molar-refractivity contribution < 1.29 is 14.6 Å². The summed E-state index contributed by atoms with van der Waals surface area (Å²) in [5, 5.41) is 10.9. The number of nitrogens with zero attached hydrogens (tertiary/aromatic N) is 1. The number of methoxy groups -OCH3 is 2. The van der Waals surface area contributed by atoms with E-state index in [0.717, 1.165) is 30.7 Å². The first kappa shape index (κ1) is 15.6. The van der Waals surface area contributed by atoms with Gasteiger partial charge < -0.3 is 14.6 Å². The molecule has 0 saturated carbocycles. The fraction of sp³-hybridized carbons (Fsp3) is 0.500. The molecule has 2 bridgehead atoms. The van der Waals surface area contributed by atoms with E-state index in [1.54, 1.807) is 14.2 Å². The van der Waals surface area contributed by atoms with Crippen LogP contribution in [0.2, 0.25) is 0 Å². The normalized spacial score (nSPS) is 31.5. The lowest BCUT2D eigenvalue weighted by Crippen LogP contribution is -2.54. The maximum atomic E-state index is 10.9. The molecule has 4 nitrogen and oxygen atoms in total. The summed E-state index contributed by atoms with van der Waals surface area (Å²) in [5.41, 5.74) is 3.35. The highest BCUT2D eigenvalue weighted by Gasteiger charge is 2.51. The van der Waals surface area contributed by atoms with Gasteiger partial charge in [0.05, 0.1) is 20.0 Å². The minimum Gasteiger partial charge on any atom is -0.504 e. The van der Waals surface area contributed by atoms with Crippen molar-refractivity contribution in [2.75, 3.05) is 27.8 Å². The number of aromatic hydroxyl groups is 1. The van der Waals surface area contributed by atoms with E-state index in [-0.39, 0.29) is 17.1 Å². The van der Waals surface area contributed by atoms with Gasteiger partial charge in [0, 0.05) is 22.9 Å². The van der Waals surface area contributed by atoms with Crippen molar-refractivity contribution in [3.63, 3.8) is 0 Å². The van der Waals surface area contributed by atoms with E-state index in [9.17, 15) is 5.11 Å². The Morgan fingerprint density at radius 3 is 2.75 bits per heavy atom. The number of phenolic OH excluding ortho intramolecular Hbond substituents is 1. The average molecular weight is 327 g/mol. The van der Waals surface area contributed by atoms with Gasteiger partial charge >= 0.3 is 0 Å². The summed E-state index contributed by atoms with van der Waals surface area (Å²) in [6, 6.07) is 4.37. The molecule has 4 heteroatoms. The summed E-state index contributed by atoms with van der Waals surface area (Å²) in [7, 11) is 5.54. The smallest absolute Gasteiger partial charge is 0.162 e. The van der Waals surface area contributed by atoms with E-state index < -0.39 is 0 Å². The molecule has 1 aromatic carbocycles. The Morgan fingerprint density at radius 1 is 1.25 bits per heavy atom. The van der Waals surface area contributed by atoms with Crippen LogP contribution in [0.1, 0.15) is 24.5 Å². The van der Waals surface area contributed by atoms with Gasteiger partial charge in [0.1, 0.15) is 0 Å². The first-order valence-electron chi connectivity index (χ1n) is 8.60. The molecule has 0 radical (unpaired) electrons. The van der Waals surface area contributed by atoms with Crippen LogP contribution in [0.3, 0.4) is 0 Å². The van der Waals surface area contributed by atoms with Gasteiger partial charge in [0.25, 0.3) is 0 Å². The van der Waals surface area contributed by atoms with Crippen molar-refractivity contribution in [1.82, 2.24) is 4.90 Å². The molecule has 1 aromatic rings. The van der Waals surface area contributed by atoms with Crippen molar-refractivity contribution in [1.29, 1.82) is 0 Å². The molecule has 4 rings (SSSR count). The topological polar surface area (TPSA) is 41.9 Å². The van der Waals surface area contributed by atoms with Crippen LogP contribution in [0.15, 0.2) is 35.6 Å². The van der Waals surface area contributed by atoms with Gasteiger partial charge in [0.15, 0.2) is 11.5 Å². The fourth-order valence-electron chi connectivity index (χ4n) is 4.84. The summed E-state index contributed by atoms with van der Waals surface area (Å²) in [6.45, 7) is 3.17. The first-order valence-corrected chi connectivity index (χ1v) is 8.60. The van der Waals surface area contributed by atoms with E-state index in [1.165, 1.54) is 11.1 Å². The minimum absolute atomic E-state index is 0.265. The van der Waals surface area contributed by atoms with Crippen LogP contribution in [-0.4, -0.2) is 43.9 Å². The third-order valence-corrected chi connectivity index (χ3v) is 6.07. The third kappa shape index (κ3) is 1.89. The molecular formula is C20H25NO3. The van der Waals surface area contributed by atoms with E-state index in [2.05, 4.69) is 37.1 Å². The standard InChI is InChI=1S/C20H25NO3/c1-12-9-14-15-10-13-5-6-16(23-3)19(22)18(13)20(14,7-8-21(15)2)11-17(12)24-4/h5-6,9,11-12,15,22H,7-8,10H2,1-4H3/t12-,15-,20-/m0/s1. The molecule has 0 aromatic heterocycles. The zero-order valence-corrected chi connectivity index (χ0v) is 14.8. The maximum absolute atomic E-state index is 10.9. The third-order valence-electron chi connectivity index (χ3n) is 6.07. The number of ether oxygens (including phenoxy) is 2. The Hall–Kier alpha value is -1.94. The van der Waals surface area contributed by atoms with E-state index in [1.807, 2.05) is 6.07 Å². The number of allylic oxidation sites excluding steroid dienone is 2. The fourth-order valence-corrected chi connectivity index (χ4v) is 4.84. The molecule has 24 heavy (non-hydrogen) atoms. The second-order valence-corrected chi connectivity index (χ2v) is 7.23. The molecule has 3 aliphatic rings. The lowest BCUT2D eigenvalue weighted by atomic mass is 9.58. The zero-order chi connectivity index (χ0) is 17.1. The Bertz CT molecular complexity index is 751. The van der Waals surface area contributed by atoms with Gasteiger partial charge in [-0.05, 0) is 49.7 Å². The lowest BCUT2D eigenvalue weighted by Gasteiger charge is -2.53. The number of likely N-dealkylation sites (tertiary alicyclic amines) is 1. The number of fused-ring (bicyclic) bond motifs is 1. The Labute approximate surface area is 143 Å². The van der Waals surface area contributed by atoms with Crippen LogP contribution in [0, 0.1) is 5.92 Å². The van der Waals surface area contributed by atoms with Crippen LogP contribution < -0.4 is 4.74 Å². The number of piperidine rings is 1. The first-order chi connectivity index (χ1) is 11.5. The molecule has 1 fully saturated rings. The van der Waals surface area contributed by atoms with E-state index in [4.69, 9.17) is 9.47 Å². The molecule has 1 N–H and O–H groups in total. The predicted molar refractivity (Wildman–Crippen MR) is 93.4 cm³/mol. The molecule has 1 aliphatic heterocycles. The highest BCUT2D eigenvalue weighted by atomic mass is 16.5. The zero-order valence-electron chi connectivity index (χ0n) is 14.8. The quantitative estimate of drug-likeness (QED) is 0.848.